The molecule has 6 heteroatoms. The molecule has 0 spiro atoms. The maximum Gasteiger partial charge on any atom is 0.225 e. The van der Waals surface area contributed by atoms with Gasteiger partial charge in [0, 0.05) is 51.2 Å². The third kappa shape index (κ3) is 6.70. The maximum atomic E-state index is 12.2. The standard InChI is InChI=1S/C25H41N5O/c1-19(2)24(31)30-15-14-22(18-30)28-25(26-3)27-16-20-10-8-9-11-21(20)17-29(4)23-12-6-5-7-13-23/h8-11,19,22-23H,5-7,12-18H2,1-4H3,(H2,26,27,28). The third-order valence-electron chi connectivity index (χ3n) is 6.74. The zero-order valence-electron chi connectivity index (χ0n) is 19.9. The van der Waals surface area contributed by atoms with Crippen LogP contribution in [0, 0.1) is 5.92 Å². The molecule has 1 atom stereocenters. The van der Waals surface area contributed by atoms with Crippen LogP contribution in [0.3, 0.4) is 0 Å². The summed E-state index contributed by atoms with van der Waals surface area (Å²) in [7, 11) is 4.08. The second kappa shape index (κ2) is 11.5. The van der Waals surface area contributed by atoms with Crippen LogP contribution in [0.5, 0.6) is 0 Å². The Morgan fingerprint density at radius 1 is 1.16 bits per heavy atom. The lowest BCUT2D eigenvalue weighted by Gasteiger charge is -2.31. The lowest BCUT2D eigenvalue weighted by molar-refractivity contribution is -0.133. The van der Waals surface area contributed by atoms with E-state index >= 15 is 0 Å². The second-order valence-corrected chi connectivity index (χ2v) is 9.47. The van der Waals surface area contributed by atoms with Crippen molar-refractivity contribution in [2.75, 3.05) is 27.2 Å². The molecule has 0 bridgehead atoms. The molecule has 1 aliphatic carbocycles. The van der Waals surface area contributed by atoms with Crippen molar-refractivity contribution >= 4 is 11.9 Å². The highest BCUT2D eigenvalue weighted by molar-refractivity contribution is 5.81. The Balaban J connectivity index is 1.52. The number of hydrogen-bond donors (Lipinski definition) is 2. The number of hydrogen-bond acceptors (Lipinski definition) is 3. The molecule has 2 aliphatic rings. The molecule has 1 aliphatic heterocycles. The number of likely N-dealkylation sites (tertiary alicyclic amines) is 1. The predicted octanol–water partition coefficient (Wildman–Crippen LogP) is 3.37. The normalized spacial score (nSPS) is 20.5. The topological polar surface area (TPSA) is 60.0 Å². The van der Waals surface area contributed by atoms with E-state index < -0.39 is 0 Å². The molecule has 3 rings (SSSR count). The van der Waals surface area contributed by atoms with Gasteiger partial charge in [-0.3, -0.25) is 14.7 Å². The average molecular weight is 428 g/mol. The first-order chi connectivity index (χ1) is 15.0. The Labute approximate surface area is 188 Å². The molecular formula is C25H41N5O. The van der Waals surface area contributed by atoms with Crippen LogP contribution in [0.4, 0.5) is 0 Å². The lowest BCUT2D eigenvalue weighted by atomic mass is 9.94. The summed E-state index contributed by atoms with van der Waals surface area (Å²) in [6.45, 7) is 7.24. The number of benzene rings is 1. The van der Waals surface area contributed by atoms with Crippen molar-refractivity contribution in [3.8, 4) is 0 Å². The highest BCUT2D eigenvalue weighted by atomic mass is 16.2. The van der Waals surface area contributed by atoms with Crippen molar-refractivity contribution in [2.45, 2.75) is 77.5 Å². The second-order valence-electron chi connectivity index (χ2n) is 9.47. The smallest absolute Gasteiger partial charge is 0.225 e. The van der Waals surface area contributed by atoms with Gasteiger partial charge in [0.2, 0.25) is 5.91 Å². The highest BCUT2D eigenvalue weighted by Crippen LogP contribution is 2.23. The molecule has 1 heterocycles. The van der Waals surface area contributed by atoms with Crippen LogP contribution in [-0.4, -0.2) is 60.9 Å². The van der Waals surface area contributed by atoms with Gasteiger partial charge in [-0.2, -0.15) is 0 Å². The van der Waals surface area contributed by atoms with E-state index in [0.29, 0.717) is 6.04 Å². The quantitative estimate of drug-likeness (QED) is 0.517. The summed E-state index contributed by atoms with van der Waals surface area (Å²) in [5.41, 5.74) is 2.70. The van der Waals surface area contributed by atoms with E-state index in [4.69, 9.17) is 0 Å². The Bertz CT molecular complexity index is 741. The fourth-order valence-electron chi connectivity index (χ4n) is 4.81. The molecule has 1 unspecified atom stereocenters. The summed E-state index contributed by atoms with van der Waals surface area (Å²) in [6, 6.07) is 9.68. The first-order valence-corrected chi connectivity index (χ1v) is 12.0. The summed E-state index contributed by atoms with van der Waals surface area (Å²) in [6.07, 6.45) is 7.73. The predicted molar refractivity (Wildman–Crippen MR) is 128 cm³/mol. The number of rotatable bonds is 7. The first-order valence-electron chi connectivity index (χ1n) is 12.0. The number of carbonyl (C=O) groups is 1. The van der Waals surface area contributed by atoms with Crippen molar-refractivity contribution in [3.63, 3.8) is 0 Å². The number of aliphatic imine (C=N–C) groups is 1. The summed E-state index contributed by atoms with van der Waals surface area (Å²) >= 11 is 0. The van der Waals surface area contributed by atoms with Gasteiger partial charge < -0.3 is 15.5 Å². The largest absolute Gasteiger partial charge is 0.352 e. The molecule has 6 nitrogen and oxygen atoms in total. The zero-order valence-corrected chi connectivity index (χ0v) is 19.9. The third-order valence-corrected chi connectivity index (χ3v) is 6.74. The van der Waals surface area contributed by atoms with Crippen LogP contribution in [0.25, 0.3) is 0 Å². The van der Waals surface area contributed by atoms with Crippen molar-refractivity contribution in [1.29, 1.82) is 0 Å². The molecule has 1 aromatic carbocycles. The van der Waals surface area contributed by atoms with E-state index in [2.05, 4.69) is 51.8 Å². The number of nitrogens with one attached hydrogen (secondary N) is 2. The highest BCUT2D eigenvalue weighted by Gasteiger charge is 2.28. The number of nitrogens with zero attached hydrogens (tertiary/aromatic N) is 3. The van der Waals surface area contributed by atoms with Crippen LogP contribution in [-0.2, 0) is 17.9 Å². The van der Waals surface area contributed by atoms with E-state index in [1.165, 1.54) is 43.2 Å². The van der Waals surface area contributed by atoms with Gasteiger partial charge in [-0.15, -0.1) is 0 Å². The van der Waals surface area contributed by atoms with Crippen molar-refractivity contribution in [2.24, 2.45) is 10.9 Å². The van der Waals surface area contributed by atoms with Gasteiger partial charge >= 0.3 is 0 Å². The molecule has 0 radical (unpaired) electrons. The van der Waals surface area contributed by atoms with Crippen molar-refractivity contribution < 1.29 is 4.79 Å². The van der Waals surface area contributed by atoms with Gasteiger partial charge in [0.15, 0.2) is 5.96 Å². The summed E-state index contributed by atoms with van der Waals surface area (Å²) < 4.78 is 0. The van der Waals surface area contributed by atoms with Gasteiger partial charge in [0.05, 0.1) is 0 Å². The SMILES string of the molecule is CN=C(NCc1ccccc1CN(C)C1CCCCC1)NC1CCN(C(=O)C(C)C)C1. The van der Waals surface area contributed by atoms with Crippen LogP contribution < -0.4 is 10.6 Å². The molecule has 2 fully saturated rings. The molecule has 31 heavy (non-hydrogen) atoms. The van der Waals surface area contributed by atoms with Crippen LogP contribution in [0.1, 0.15) is 63.5 Å². The zero-order chi connectivity index (χ0) is 22.2. The molecule has 1 saturated carbocycles. The van der Waals surface area contributed by atoms with Crippen LogP contribution in [0.15, 0.2) is 29.3 Å². The van der Waals surface area contributed by atoms with Crippen LogP contribution in [0.2, 0.25) is 0 Å². The lowest BCUT2D eigenvalue weighted by Crippen LogP contribution is -2.45. The van der Waals surface area contributed by atoms with Gasteiger partial charge in [0.25, 0.3) is 0 Å². The summed E-state index contributed by atoms with van der Waals surface area (Å²) in [5.74, 6) is 1.10. The molecule has 1 saturated heterocycles. The van der Waals surface area contributed by atoms with E-state index in [-0.39, 0.29) is 17.9 Å². The van der Waals surface area contributed by atoms with E-state index in [9.17, 15) is 4.79 Å². The number of carbonyl (C=O) groups excluding carboxylic acids is 1. The molecular weight excluding hydrogens is 386 g/mol. The summed E-state index contributed by atoms with van der Waals surface area (Å²) in [5, 5.41) is 7.00. The fourth-order valence-corrected chi connectivity index (χ4v) is 4.81. The van der Waals surface area contributed by atoms with Gasteiger partial charge in [-0.1, -0.05) is 57.4 Å². The number of amides is 1. The number of guanidine groups is 1. The Hall–Kier alpha value is -2.08. The Morgan fingerprint density at radius 3 is 2.55 bits per heavy atom. The monoisotopic (exact) mass is 427 g/mol. The van der Waals surface area contributed by atoms with E-state index in [1.54, 1.807) is 0 Å². The minimum Gasteiger partial charge on any atom is -0.352 e. The Morgan fingerprint density at radius 2 is 1.87 bits per heavy atom. The molecule has 1 aromatic rings. The van der Waals surface area contributed by atoms with Gasteiger partial charge in [-0.25, -0.2) is 0 Å². The van der Waals surface area contributed by atoms with E-state index in [1.807, 2.05) is 25.8 Å². The molecule has 1 amide bonds. The summed E-state index contributed by atoms with van der Waals surface area (Å²) in [4.78, 5) is 21.2. The van der Waals surface area contributed by atoms with Crippen molar-refractivity contribution in [1.82, 2.24) is 20.4 Å². The first kappa shape index (κ1) is 23.6. The van der Waals surface area contributed by atoms with Crippen molar-refractivity contribution in [3.05, 3.63) is 35.4 Å². The molecule has 0 aromatic heterocycles. The molecule has 2 N–H and O–H groups in total. The van der Waals surface area contributed by atoms with Crippen LogP contribution >= 0.6 is 0 Å². The minimum atomic E-state index is 0.0550. The molecule has 172 valence electrons. The minimum absolute atomic E-state index is 0.0550. The van der Waals surface area contributed by atoms with E-state index in [0.717, 1.165) is 38.6 Å². The Kier molecular flexibility index (Phi) is 8.76. The van der Waals surface area contributed by atoms with Gasteiger partial charge in [-0.05, 0) is 37.4 Å². The fraction of sp³-hybridized carbons (Fsp3) is 0.680. The maximum absolute atomic E-state index is 12.2. The average Bonchev–Trinajstić information content (AvgIpc) is 3.25. The van der Waals surface area contributed by atoms with Gasteiger partial charge in [0.1, 0.15) is 0 Å².